The van der Waals surface area contributed by atoms with Crippen LogP contribution in [0.15, 0.2) is 53.0 Å². The number of methoxy groups -OCH3 is 1. The standard InChI is InChI=1S/C25H27BrN4O3S/c1-33-19-13-11-17(12-14-19)23-28-29-25(34-23)27-22(31)15-16-30(18-7-3-2-4-8-18)24(32)20-9-5-6-10-21(20)26/h5-6,9-14,18H,2-4,7-8,15-16H2,1H3,(H,27,29,31). The van der Waals surface area contributed by atoms with Crippen LogP contribution in [0.3, 0.4) is 0 Å². The topological polar surface area (TPSA) is 84.4 Å². The Bertz CT molecular complexity index is 1130. The first kappa shape index (κ1) is 24.3. The lowest BCUT2D eigenvalue weighted by molar-refractivity contribution is -0.116. The molecular weight excluding hydrogens is 516 g/mol. The molecule has 34 heavy (non-hydrogen) atoms. The van der Waals surface area contributed by atoms with Crippen molar-refractivity contribution in [2.24, 2.45) is 0 Å². The summed E-state index contributed by atoms with van der Waals surface area (Å²) in [7, 11) is 1.62. The normalized spacial score (nSPS) is 13.9. The summed E-state index contributed by atoms with van der Waals surface area (Å²) in [6, 6.07) is 15.1. The van der Waals surface area contributed by atoms with Gasteiger partial charge in [-0.15, -0.1) is 10.2 Å². The van der Waals surface area contributed by atoms with Crippen LogP contribution in [0, 0.1) is 0 Å². The van der Waals surface area contributed by atoms with Gasteiger partial charge in [-0.05, 0) is 65.2 Å². The molecule has 1 aliphatic carbocycles. The van der Waals surface area contributed by atoms with E-state index in [9.17, 15) is 9.59 Å². The second-order valence-electron chi connectivity index (χ2n) is 8.21. The monoisotopic (exact) mass is 542 g/mol. The summed E-state index contributed by atoms with van der Waals surface area (Å²) >= 11 is 4.81. The zero-order valence-corrected chi connectivity index (χ0v) is 21.4. The van der Waals surface area contributed by atoms with Crippen molar-refractivity contribution in [2.75, 3.05) is 19.0 Å². The van der Waals surface area contributed by atoms with Gasteiger partial charge in [-0.2, -0.15) is 0 Å². The van der Waals surface area contributed by atoms with Gasteiger partial charge in [0.2, 0.25) is 11.0 Å². The first-order valence-corrected chi connectivity index (χ1v) is 13.0. The molecule has 3 aromatic rings. The van der Waals surface area contributed by atoms with E-state index in [1.54, 1.807) is 7.11 Å². The molecule has 1 heterocycles. The Labute approximate surface area is 211 Å². The van der Waals surface area contributed by atoms with E-state index in [0.717, 1.165) is 41.5 Å². The van der Waals surface area contributed by atoms with Gasteiger partial charge >= 0.3 is 0 Å². The Morgan fingerprint density at radius 3 is 2.53 bits per heavy atom. The number of carbonyl (C=O) groups is 2. The van der Waals surface area contributed by atoms with Gasteiger partial charge in [-0.25, -0.2) is 0 Å². The van der Waals surface area contributed by atoms with Crippen molar-refractivity contribution in [3.63, 3.8) is 0 Å². The molecule has 1 saturated carbocycles. The predicted octanol–water partition coefficient (Wildman–Crippen LogP) is 5.78. The minimum absolute atomic E-state index is 0.0371. The number of ether oxygens (including phenoxy) is 1. The summed E-state index contributed by atoms with van der Waals surface area (Å²) in [6.45, 7) is 0.362. The van der Waals surface area contributed by atoms with Gasteiger partial charge in [0.15, 0.2) is 0 Å². The average Bonchev–Trinajstić information content (AvgIpc) is 3.33. The molecule has 7 nitrogen and oxygen atoms in total. The van der Waals surface area contributed by atoms with Gasteiger partial charge in [0, 0.05) is 29.0 Å². The van der Waals surface area contributed by atoms with Crippen LogP contribution in [0.4, 0.5) is 5.13 Å². The highest BCUT2D eigenvalue weighted by Crippen LogP contribution is 2.29. The lowest BCUT2D eigenvalue weighted by Crippen LogP contribution is -2.43. The van der Waals surface area contributed by atoms with Crippen LogP contribution in [0.1, 0.15) is 48.9 Å². The minimum Gasteiger partial charge on any atom is -0.497 e. The second kappa shape index (κ2) is 11.6. The van der Waals surface area contributed by atoms with E-state index in [1.807, 2.05) is 53.4 Å². The molecule has 1 aromatic heterocycles. The van der Waals surface area contributed by atoms with E-state index >= 15 is 0 Å². The SMILES string of the molecule is COc1ccc(-c2nnc(NC(=O)CCN(C(=O)c3ccccc3Br)C3CCCCC3)s2)cc1. The van der Waals surface area contributed by atoms with Gasteiger partial charge < -0.3 is 15.0 Å². The summed E-state index contributed by atoms with van der Waals surface area (Å²) < 4.78 is 5.95. The first-order chi connectivity index (χ1) is 16.5. The average molecular weight is 543 g/mol. The Balaban J connectivity index is 1.40. The molecule has 0 bridgehead atoms. The zero-order chi connectivity index (χ0) is 23.9. The van der Waals surface area contributed by atoms with E-state index in [1.165, 1.54) is 17.8 Å². The summed E-state index contributed by atoms with van der Waals surface area (Å²) in [5.74, 6) is 0.546. The van der Waals surface area contributed by atoms with E-state index < -0.39 is 0 Å². The lowest BCUT2D eigenvalue weighted by Gasteiger charge is -2.34. The highest BCUT2D eigenvalue weighted by atomic mass is 79.9. The molecule has 1 fully saturated rings. The number of carbonyl (C=O) groups excluding carboxylic acids is 2. The van der Waals surface area contributed by atoms with Gasteiger partial charge in [0.1, 0.15) is 10.8 Å². The predicted molar refractivity (Wildman–Crippen MR) is 137 cm³/mol. The number of anilines is 1. The number of rotatable bonds is 8. The van der Waals surface area contributed by atoms with Crippen LogP contribution >= 0.6 is 27.3 Å². The number of nitrogens with one attached hydrogen (secondary N) is 1. The second-order valence-corrected chi connectivity index (χ2v) is 10.0. The van der Waals surface area contributed by atoms with Crippen molar-refractivity contribution >= 4 is 44.2 Å². The van der Waals surface area contributed by atoms with Gasteiger partial charge in [0.05, 0.1) is 12.7 Å². The number of benzene rings is 2. The molecular formula is C25H27BrN4O3S. The molecule has 2 amide bonds. The molecule has 1 aliphatic rings. The van der Waals surface area contributed by atoms with Crippen molar-refractivity contribution in [1.82, 2.24) is 15.1 Å². The minimum atomic E-state index is -0.182. The van der Waals surface area contributed by atoms with E-state index in [2.05, 4.69) is 31.4 Å². The Morgan fingerprint density at radius 2 is 1.82 bits per heavy atom. The quantitative estimate of drug-likeness (QED) is 0.390. The van der Waals surface area contributed by atoms with Crippen molar-refractivity contribution in [2.45, 2.75) is 44.6 Å². The lowest BCUT2D eigenvalue weighted by atomic mass is 9.93. The molecule has 0 atom stereocenters. The molecule has 9 heteroatoms. The smallest absolute Gasteiger partial charge is 0.255 e. The number of hydrogen-bond acceptors (Lipinski definition) is 6. The number of nitrogens with zero attached hydrogens (tertiary/aromatic N) is 3. The molecule has 2 aromatic carbocycles. The van der Waals surface area contributed by atoms with E-state index in [4.69, 9.17) is 4.74 Å². The number of amides is 2. The largest absolute Gasteiger partial charge is 0.497 e. The van der Waals surface area contributed by atoms with E-state index in [0.29, 0.717) is 22.2 Å². The van der Waals surface area contributed by atoms with Crippen LogP contribution in [-0.2, 0) is 4.79 Å². The zero-order valence-electron chi connectivity index (χ0n) is 19.0. The fourth-order valence-electron chi connectivity index (χ4n) is 4.16. The molecule has 0 unspecified atom stereocenters. The fraction of sp³-hybridized carbons (Fsp3) is 0.360. The van der Waals surface area contributed by atoms with Gasteiger partial charge in [-0.1, -0.05) is 42.7 Å². The van der Waals surface area contributed by atoms with Crippen molar-refractivity contribution in [1.29, 1.82) is 0 Å². The summed E-state index contributed by atoms with van der Waals surface area (Å²) in [4.78, 5) is 28.0. The molecule has 0 aliphatic heterocycles. The highest BCUT2D eigenvalue weighted by molar-refractivity contribution is 9.10. The van der Waals surface area contributed by atoms with Crippen molar-refractivity contribution in [3.05, 3.63) is 58.6 Å². The summed E-state index contributed by atoms with van der Waals surface area (Å²) in [5, 5.41) is 12.3. The number of aromatic nitrogens is 2. The maximum absolute atomic E-state index is 13.4. The maximum Gasteiger partial charge on any atom is 0.255 e. The number of halogens is 1. The molecule has 0 spiro atoms. The third-order valence-corrected chi connectivity index (χ3v) is 7.55. The summed E-state index contributed by atoms with van der Waals surface area (Å²) in [5.41, 5.74) is 1.53. The maximum atomic E-state index is 13.4. The summed E-state index contributed by atoms with van der Waals surface area (Å²) in [6.07, 6.45) is 5.55. The van der Waals surface area contributed by atoms with Crippen LogP contribution in [-0.4, -0.2) is 46.6 Å². The Kier molecular flexibility index (Phi) is 8.29. The molecule has 0 radical (unpaired) electrons. The van der Waals surface area contributed by atoms with Gasteiger partial charge in [-0.3, -0.25) is 9.59 Å². The van der Waals surface area contributed by atoms with Crippen molar-refractivity contribution < 1.29 is 14.3 Å². The molecule has 1 N–H and O–H groups in total. The van der Waals surface area contributed by atoms with Gasteiger partial charge in [0.25, 0.3) is 5.91 Å². The number of hydrogen-bond donors (Lipinski definition) is 1. The Morgan fingerprint density at radius 1 is 1.09 bits per heavy atom. The highest BCUT2D eigenvalue weighted by Gasteiger charge is 2.27. The van der Waals surface area contributed by atoms with Crippen LogP contribution in [0.25, 0.3) is 10.6 Å². The molecule has 4 rings (SSSR count). The van der Waals surface area contributed by atoms with E-state index in [-0.39, 0.29) is 24.3 Å². The molecule has 0 saturated heterocycles. The third kappa shape index (κ3) is 6.01. The van der Waals surface area contributed by atoms with Crippen molar-refractivity contribution in [3.8, 4) is 16.3 Å². The fourth-order valence-corrected chi connectivity index (χ4v) is 5.38. The van der Waals surface area contributed by atoms with Crippen LogP contribution in [0.2, 0.25) is 0 Å². The van der Waals surface area contributed by atoms with Crippen LogP contribution in [0.5, 0.6) is 5.75 Å². The Hall–Kier alpha value is -2.78. The third-order valence-electron chi connectivity index (χ3n) is 5.97. The molecule has 178 valence electrons. The van der Waals surface area contributed by atoms with Crippen LogP contribution < -0.4 is 10.1 Å². The first-order valence-electron chi connectivity index (χ1n) is 11.4.